The second-order valence-electron chi connectivity index (χ2n) is 7.90. The van der Waals surface area contributed by atoms with Crippen LogP contribution in [0.5, 0.6) is 5.75 Å². The lowest BCUT2D eigenvalue weighted by molar-refractivity contribution is 0.394. The first-order chi connectivity index (χ1) is 13.2. The molecule has 2 aromatic rings. The Morgan fingerprint density at radius 2 is 1.22 bits per heavy atom. The highest BCUT2D eigenvalue weighted by atomic mass is 16.3. The molecule has 1 unspecified atom stereocenters. The maximum Gasteiger partial charge on any atom is 0.119 e. The normalized spacial score (nSPS) is 13.4. The second-order valence-corrected chi connectivity index (χ2v) is 7.90. The van der Waals surface area contributed by atoms with Gasteiger partial charge in [-0.05, 0) is 24.5 Å². The van der Waals surface area contributed by atoms with Crippen LogP contribution in [0, 0.1) is 0 Å². The third-order valence-corrected chi connectivity index (χ3v) is 6.06. The molecule has 0 heterocycles. The minimum atomic E-state index is -0.0896. The third kappa shape index (κ3) is 6.13. The number of unbranched alkanes of at least 4 members (excludes halogenated alkanes) is 8. The van der Waals surface area contributed by atoms with Gasteiger partial charge in [0, 0.05) is 11.0 Å². The SMILES string of the molecule is CCCCCCCCCCCC(CC)(c1ccccc1)c1ccccc1O. The number of rotatable bonds is 13. The van der Waals surface area contributed by atoms with Crippen LogP contribution in [0.3, 0.4) is 0 Å². The van der Waals surface area contributed by atoms with Gasteiger partial charge in [0.2, 0.25) is 0 Å². The Labute approximate surface area is 166 Å². The molecule has 1 N–H and O–H groups in total. The lowest BCUT2D eigenvalue weighted by Gasteiger charge is -2.35. The van der Waals surface area contributed by atoms with Crippen molar-refractivity contribution in [3.8, 4) is 5.75 Å². The van der Waals surface area contributed by atoms with Gasteiger partial charge >= 0.3 is 0 Å². The summed E-state index contributed by atoms with van der Waals surface area (Å²) in [6, 6.07) is 18.7. The molecule has 148 valence electrons. The van der Waals surface area contributed by atoms with Crippen LogP contribution in [0.1, 0.15) is 95.6 Å². The summed E-state index contributed by atoms with van der Waals surface area (Å²) in [5, 5.41) is 10.6. The molecule has 1 atom stereocenters. The number of hydrogen-bond donors (Lipinski definition) is 1. The molecule has 0 aromatic heterocycles. The molecule has 1 nitrogen and oxygen atoms in total. The number of phenols is 1. The van der Waals surface area contributed by atoms with Gasteiger partial charge in [-0.25, -0.2) is 0 Å². The summed E-state index contributed by atoms with van der Waals surface area (Å²) in [6.07, 6.45) is 14.2. The summed E-state index contributed by atoms with van der Waals surface area (Å²) < 4.78 is 0. The van der Waals surface area contributed by atoms with Crippen LogP contribution in [0.4, 0.5) is 0 Å². The zero-order valence-electron chi connectivity index (χ0n) is 17.4. The Kier molecular flexibility index (Phi) is 9.45. The Morgan fingerprint density at radius 3 is 1.81 bits per heavy atom. The van der Waals surface area contributed by atoms with E-state index in [1.807, 2.05) is 12.1 Å². The van der Waals surface area contributed by atoms with Crippen molar-refractivity contribution >= 4 is 0 Å². The zero-order chi connectivity index (χ0) is 19.4. The van der Waals surface area contributed by atoms with E-state index in [1.165, 1.54) is 63.4 Å². The molecule has 0 amide bonds. The molecule has 0 radical (unpaired) electrons. The van der Waals surface area contributed by atoms with Crippen LogP contribution < -0.4 is 0 Å². The van der Waals surface area contributed by atoms with Gasteiger partial charge in [0.1, 0.15) is 5.75 Å². The van der Waals surface area contributed by atoms with Gasteiger partial charge in [0.05, 0.1) is 0 Å². The Balaban J connectivity index is 1.99. The topological polar surface area (TPSA) is 20.2 Å². The summed E-state index contributed by atoms with van der Waals surface area (Å²) in [5.41, 5.74) is 2.32. The van der Waals surface area contributed by atoms with E-state index >= 15 is 0 Å². The summed E-state index contributed by atoms with van der Waals surface area (Å²) in [6.45, 7) is 4.53. The lowest BCUT2D eigenvalue weighted by atomic mass is 9.69. The van der Waals surface area contributed by atoms with Crippen LogP contribution in [0.25, 0.3) is 0 Å². The summed E-state index contributed by atoms with van der Waals surface area (Å²) in [4.78, 5) is 0. The Bertz CT molecular complexity index is 634. The molecule has 2 aromatic carbocycles. The number of aromatic hydroxyl groups is 1. The van der Waals surface area contributed by atoms with Crippen LogP contribution in [-0.4, -0.2) is 5.11 Å². The van der Waals surface area contributed by atoms with Crippen molar-refractivity contribution in [3.05, 3.63) is 65.7 Å². The standard InChI is InChI=1S/C26H38O/c1-3-5-6-7-8-9-10-11-17-22-26(4-2,23-18-13-12-14-19-23)24-20-15-16-21-25(24)27/h12-16,18-21,27H,3-11,17,22H2,1-2H3. The minimum absolute atomic E-state index is 0.0896. The molecule has 27 heavy (non-hydrogen) atoms. The smallest absolute Gasteiger partial charge is 0.119 e. The van der Waals surface area contributed by atoms with Crippen molar-refractivity contribution in [3.63, 3.8) is 0 Å². The number of benzene rings is 2. The highest BCUT2D eigenvalue weighted by Crippen LogP contribution is 2.43. The van der Waals surface area contributed by atoms with Gasteiger partial charge in [-0.2, -0.15) is 0 Å². The number of hydrogen-bond acceptors (Lipinski definition) is 1. The average molecular weight is 367 g/mol. The maximum absolute atomic E-state index is 10.6. The summed E-state index contributed by atoms with van der Waals surface area (Å²) >= 11 is 0. The molecule has 0 aliphatic carbocycles. The number of para-hydroxylation sites is 1. The molecular formula is C26H38O. The van der Waals surface area contributed by atoms with Gasteiger partial charge in [-0.1, -0.05) is 120 Å². The molecule has 0 saturated heterocycles. The van der Waals surface area contributed by atoms with Crippen molar-refractivity contribution in [1.29, 1.82) is 0 Å². The minimum Gasteiger partial charge on any atom is -0.508 e. The average Bonchev–Trinajstić information content (AvgIpc) is 2.71. The van der Waals surface area contributed by atoms with E-state index in [1.54, 1.807) is 0 Å². The Hall–Kier alpha value is -1.76. The first-order valence-electron chi connectivity index (χ1n) is 11.1. The monoisotopic (exact) mass is 366 g/mol. The van der Waals surface area contributed by atoms with Crippen LogP contribution in [0.15, 0.2) is 54.6 Å². The third-order valence-electron chi connectivity index (χ3n) is 6.06. The fraction of sp³-hybridized carbons (Fsp3) is 0.538. The highest BCUT2D eigenvalue weighted by Gasteiger charge is 2.33. The zero-order valence-corrected chi connectivity index (χ0v) is 17.4. The first-order valence-corrected chi connectivity index (χ1v) is 11.1. The maximum atomic E-state index is 10.6. The molecule has 0 bridgehead atoms. The summed E-state index contributed by atoms with van der Waals surface area (Å²) in [5.74, 6) is 0.430. The fourth-order valence-corrected chi connectivity index (χ4v) is 4.38. The van der Waals surface area contributed by atoms with Gasteiger partial charge in [-0.3, -0.25) is 0 Å². The van der Waals surface area contributed by atoms with E-state index in [-0.39, 0.29) is 5.41 Å². The molecule has 0 spiro atoms. The van der Waals surface area contributed by atoms with Crippen molar-refractivity contribution in [1.82, 2.24) is 0 Å². The first kappa shape index (κ1) is 21.5. The molecule has 0 saturated carbocycles. The Morgan fingerprint density at radius 1 is 0.667 bits per heavy atom. The van der Waals surface area contributed by atoms with E-state index in [0.717, 1.165) is 18.4 Å². The molecular weight excluding hydrogens is 328 g/mol. The molecule has 2 rings (SSSR count). The summed E-state index contributed by atoms with van der Waals surface area (Å²) in [7, 11) is 0. The van der Waals surface area contributed by atoms with Crippen LogP contribution >= 0.6 is 0 Å². The molecule has 0 fully saturated rings. The largest absolute Gasteiger partial charge is 0.508 e. The lowest BCUT2D eigenvalue weighted by Crippen LogP contribution is -2.27. The van der Waals surface area contributed by atoms with Crippen molar-refractivity contribution in [2.75, 3.05) is 0 Å². The van der Waals surface area contributed by atoms with Crippen molar-refractivity contribution in [2.45, 2.75) is 89.9 Å². The van der Waals surface area contributed by atoms with E-state index in [0.29, 0.717) is 5.75 Å². The van der Waals surface area contributed by atoms with Crippen molar-refractivity contribution in [2.24, 2.45) is 0 Å². The van der Waals surface area contributed by atoms with E-state index < -0.39 is 0 Å². The second kappa shape index (κ2) is 11.8. The quantitative estimate of drug-likeness (QED) is 0.356. The predicted octanol–water partition coefficient (Wildman–Crippen LogP) is 8.01. The van der Waals surface area contributed by atoms with Gasteiger partial charge in [-0.15, -0.1) is 0 Å². The number of phenolic OH excluding ortho intramolecular Hbond substituents is 1. The van der Waals surface area contributed by atoms with E-state index in [4.69, 9.17) is 0 Å². The van der Waals surface area contributed by atoms with Gasteiger partial charge in [0.25, 0.3) is 0 Å². The van der Waals surface area contributed by atoms with E-state index in [2.05, 4.69) is 56.3 Å². The van der Waals surface area contributed by atoms with E-state index in [9.17, 15) is 5.11 Å². The molecule has 0 aliphatic heterocycles. The van der Waals surface area contributed by atoms with Gasteiger partial charge in [0.15, 0.2) is 0 Å². The van der Waals surface area contributed by atoms with Crippen LogP contribution in [-0.2, 0) is 5.41 Å². The predicted molar refractivity (Wildman–Crippen MR) is 117 cm³/mol. The van der Waals surface area contributed by atoms with Crippen LogP contribution in [0.2, 0.25) is 0 Å². The molecule has 1 heteroatoms. The van der Waals surface area contributed by atoms with Crippen molar-refractivity contribution < 1.29 is 5.11 Å². The van der Waals surface area contributed by atoms with Gasteiger partial charge < -0.3 is 5.11 Å². The fourth-order valence-electron chi connectivity index (χ4n) is 4.38. The highest BCUT2D eigenvalue weighted by molar-refractivity contribution is 5.46. The molecule has 0 aliphatic rings.